The number of aromatic nitrogens is 2. The molecule has 8 heteroatoms. The molecule has 1 heterocycles. The molecule has 1 amide bonds. The zero-order chi connectivity index (χ0) is 26.2. The number of carbonyl (C=O) groups is 1. The minimum Gasteiger partial charge on any atom is -0.309 e. The number of rotatable bonds is 6. The Balaban J connectivity index is 0.00000176. The lowest BCUT2D eigenvalue weighted by Gasteiger charge is -2.22. The smallest absolute Gasteiger partial charge is 0.230 e. The van der Waals surface area contributed by atoms with Crippen LogP contribution in [-0.4, -0.2) is 15.9 Å². The summed E-state index contributed by atoms with van der Waals surface area (Å²) < 4.78 is 55.3. The van der Waals surface area contributed by atoms with Crippen molar-refractivity contribution in [2.24, 2.45) is 5.92 Å². The van der Waals surface area contributed by atoms with Gasteiger partial charge in [-0.25, -0.2) is 27.5 Å². The number of carbonyl (C=O) groups excluding carboxylic acids is 1. The second-order valence-electron chi connectivity index (χ2n) is 8.71. The molecule has 0 aliphatic heterocycles. The summed E-state index contributed by atoms with van der Waals surface area (Å²) in [5.74, 6) is -6.99. The van der Waals surface area contributed by atoms with Gasteiger partial charge in [0.25, 0.3) is 0 Å². The first kappa shape index (κ1) is 27.3. The van der Waals surface area contributed by atoms with Crippen LogP contribution in [0.25, 0.3) is 11.3 Å². The fourth-order valence-corrected chi connectivity index (χ4v) is 4.42. The molecule has 1 fully saturated rings. The quantitative estimate of drug-likeness (QED) is 0.218. The zero-order valence-electron chi connectivity index (χ0n) is 20.8. The fourth-order valence-electron chi connectivity index (χ4n) is 4.42. The van der Waals surface area contributed by atoms with Gasteiger partial charge < -0.3 is 5.32 Å². The predicted octanol–water partition coefficient (Wildman–Crippen LogP) is 7.34. The molecule has 0 saturated heterocycles. The minimum atomic E-state index is -1.93. The Bertz CT molecular complexity index is 1170. The van der Waals surface area contributed by atoms with E-state index in [9.17, 15) is 22.4 Å². The Morgan fingerprint density at radius 1 is 0.944 bits per heavy atom. The summed E-state index contributed by atoms with van der Waals surface area (Å²) in [6.45, 7) is 5.10. The Kier molecular flexibility index (Phi) is 9.56. The molecule has 0 bridgehead atoms. The maximum atomic E-state index is 14.2. The van der Waals surface area contributed by atoms with Crippen molar-refractivity contribution in [3.05, 3.63) is 76.6 Å². The van der Waals surface area contributed by atoms with Crippen LogP contribution in [0.1, 0.15) is 62.8 Å². The van der Waals surface area contributed by atoms with E-state index in [1.807, 2.05) is 44.2 Å². The van der Waals surface area contributed by atoms with E-state index in [1.165, 1.54) is 6.42 Å². The predicted molar refractivity (Wildman–Crippen MR) is 132 cm³/mol. The van der Waals surface area contributed by atoms with Gasteiger partial charge >= 0.3 is 0 Å². The van der Waals surface area contributed by atoms with E-state index >= 15 is 0 Å². The molecule has 4 rings (SSSR count). The van der Waals surface area contributed by atoms with Gasteiger partial charge in [0.2, 0.25) is 5.91 Å². The first-order valence-corrected chi connectivity index (χ1v) is 12.4. The fraction of sp³-hybridized carbons (Fsp3) is 0.393. The number of hydrogen-bond donors (Lipinski definition) is 1. The van der Waals surface area contributed by atoms with Crippen LogP contribution >= 0.6 is 0 Å². The highest BCUT2D eigenvalue weighted by Gasteiger charge is 2.25. The molecule has 192 valence electrons. The maximum absolute atomic E-state index is 14.2. The van der Waals surface area contributed by atoms with E-state index in [0.717, 1.165) is 38.2 Å². The molecule has 4 nitrogen and oxygen atoms in total. The highest BCUT2D eigenvalue weighted by molar-refractivity contribution is 5.92. The van der Waals surface area contributed by atoms with Crippen LogP contribution in [0.4, 0.5) is 23.4 Å². The molecule has 0 spiro atoms. The summed E-state index contributed by atoms with van der Waals surface area (Å²) in [5, 5.41) is 2.62. The highest BCUT2D eigenvalue weighted by atomic mass is 19.2. The molecule has 1 N–H and O–H groups in total. The second-order valence-corrected chi connectivity index (χ2v) is 8.71. The Morgan fingerprint density at radius 2 is 1.58 bits per heavy atom. The van der Waals surface area contributed by atoms with E-state index in [0.29, 0.717) is 23.7 Å². The number of halogens is 4. The molecule has 1 aliphatic rings. The Hall–Kier alpha value is -3.29. The summed E-state index contributed by atoms with van der Waals surface area (Å²) >= 11 is 0. The molecule has 2 aromatic carbocycles. The van der Waals surface area contributed by atoms with Crippen LogP contribution in [0, 0.1) is 36.1 Å². The van der Waals surface area contributed by atoms with Crippen molar-refractivity contribution in [2.75, 3.05) is 5.32 Å². The number of nitrogens with one attached hydrogen (secondary N) is 1. The molecule has 0 atom stereocenters. The van der Waals surface area contributed by atoms with E-state index in [4.69, 9.17) is 4.98 Å². The third-order valence-electron chi connectivity index (χ3n) is 6.34. The third kappa shape index (κ3) is 6.28. The molecule has 1 aliphatic carbocycles. The van der Waals surface area contributed by atoms with Crippen molar-refractivity contribution in [3.63, 3.8) is 0 Å². The van der Waals surface area contributed by atoms with Crippen molar-refractivity contribution in [3.8, 4) is 11.3 Å². The highest BCUT2D eigenvalue weighted by Crippen LogP contribution is 2.30. The average molecular weight is 502 g/mol. The molecular formula is C28H31F4N3O. The first-order valence-electron chi connectivity index (χ1n) is 12.4. The van der Waals surface area contributed by atoms with Crippen LogP contribution in [0.3, 0.4) is 0 Å². The summed E-state index contributed by atoms with van der Waals surface area (Å²) in [4.78, 5) is 21.9. The molecule has 36 heavy (non-hydrogen) atoms. The lowest BCUT2D eigenvalue weighted by Crippen LogP contribution is -2.21. The van der Waals surface area contributed by atoms with Gasteiger partial charge in [-0.05, 0) is 24.8 Å². The van der Waals surface area contributed by atoms with Crippen molar-refractivity contribution in [1.29, 1.82) is 0 Å². The van der Waals surface area contributed by atoms with Crippen molar-refractivity contribution < 1.29 is 22.4 Å². The first-order chi connectivity index (χ1) is 17.3. The Morgan fingerprint density at radius 3 is 2.25 bits per heavy atom. The summed E-state index contributed by atoms with van der Waals surface area (Å²) in [6.07, 6.45) is 7.08. The van der Waals surface area contributed by atoms with Gasteiger partial charge in [-0.15, -0.1) is 0 Å². The average Bonchev–Trinajstić information content (AvgIpc) is 2.92. The normalized spacial score (nSPS) is 13.6. The van der Waals surface area contributed by atoms with Gasteiger partial charge in [0.1, 0.15) is 0 Å². The van der Waals surface area contributed by atoms with E-state index in [1.54, 1.807) is 6.20 Å². The molecule has 1 saturated carbocycles. The zero-order valence-corrected chi connectivity index (χ0v) is 20.8. The van der Waals surface area contributed by atoms with Crippen molar-refractivity contribution in [2.45, 2.75) is 65.7 Å². The van der Waals surface area contributed by atoms with Crippen LogP contribution in [0.15, 0.2) is 36.5 Å². The monoisotopic (exact) mass is 501 g/mol. The van der Waals surface area contributed by atoms with E-state index in [-0.39, 0.29) is 5.82 Å². The number of anilines is 1. The number of amides is 1. The molecule has 0 radical (unpaired) electrons. The number of nitrogens with zero attached hydrogens (tertiary/aromatic N) is 2. The Labute approximate surface area is 209 Å². The molecule has 0 unspecified atom stereocenters. The van der Waals surface area contributed by atoms with Gasteiger partial charge in [-0.2, -0.15) is 0 Å². The molecule has 3 aromatic rings. The topological polar surface area (TPSA) is 54.9 Å². The number of hydrogen-bond acceptors (Lipinski definition) is 3. The van der Waals surface area contributed by atoms with Gasteiger partial charge in [-0.3, -0.25) is 4.79 Å². The summed E-state index contributed by atoms with van der Waals surface area (Å²) in [5.41, 5.74) is 1.17. The SMILES string of the molecule is CC.Cc1c(F)c(F)c(F)c(F)c1CC(=O)Nc1ncc(-c2ccccc2)nc1CC1CCCCC1. The van der Waals surface area contributed by atoms with Gasteiger partial charge in [0.15, 0.2) is 29.1 Å². The summed E-state index contributed by atoms with van der Waals surface area (Å²) in [7, 11) is 0. The lowest BCUT2D eigenvalue weighted by molar-refractivity contribution is -0.115. The second kappa shape index (κ2) is 12.6. The minimum absolute atomic E-state index is 0.233. The van der Waals surface area contributed by atoms with Gasteiger partial charge in [-0.1, -0.05) is 76.3 Å². The van der Waals surface area contributed by atoms with E-state index in [2.05, 4.69) is 10.3 Å². The van der Waals surface area contributed by atoms with Crippen LogP contribution in [0.2, 0.25) is 0 Å². The lowest BCUT2D eigenvalue weighted by atomic mass is 9.86. The molecule has 1 aromatic heterocycles. The van der Waals surface area contributed by atoms with Crippen LogP contribution < -0.4 is 5.32 Å². The largest absolute Gasteiger partial charge is 0.309 e. The van der Waals surface area contributed by atoms with Crippen molar-refractivity contribution >= 4 is 11.7 Å². The molecular weight excluding hydrogens is 470 g/mol. The van der Waals surface area contributed by atoms with Gasteiger partial charge in [0, 0.05) is 11.1 Å². The van der Waals surface area contributed by atoms with Crippen molar-refractivity contribution in [1.82, 2.24) is 9.97 Å². The third-order valence-corrected chi connectivity index (χ3v) is 6.34. The van der Waals surface area contributed by atoms with Crippen LogP contribution in [-0.2, 0) is 17.6 Å². The number of benzene rings is 2. The standard InChI is InChI=1S/C26H25F4N3O.C2H6/c1-15-18(23(28)25(30)24(29)22(15)27)13-21(34)33-26-19(12-16-8-4-2-5-9-16)32-20(14-31-26)17-10-6-3-7-11-17;1-2/h3,6-7,10-11,14,16H,2,4-5,8-9,12-13H2,1H3,(H,31,33,34);1-2H3. The van der Waals surface area contributed by atoms with Crippen LogP contribution in [0.5, 0.6) is 0 Å². The maximum Gasteiger partial charge on any atom is 0.230 e. The summed E-state index contributed by atoms with van der Waals surface area (Å²) in [6, 6.07) is 9.51. The van der Waals surface area contributed by atoms with Gasteiger partial charge in [0.05, 0.1) is 24.0 Å². The van der Waals surface area contributed by atoms with E-state index < -0.39 is 46.7 Å².